The van der Waals surface area contributed by atoms with Gasteiger partial charge in [-0.3, -0.25) is 9.11 Å². The maximum Gasteiger partial charge on any atom is 0.294 e. The second kappa shape index (κ2) is 11.5. The summed E-state index contributed by atoms with van der Waals surface area (Å²) < 4.78 is 59.1. The largest absolute Gasteiger partial charge is 0.393 e. The molecule has 0 saturated heterocycles. The summed E-state index contributed by atoms with van der Waals surface area (Å²) in [6.45, 7) is 3.68. The van der Waals surface area contributed by atoms with Gasteiger partial charge in [0.15, 0.2) is 0 Å². The van der Waals surface area contributed by atoms with Crippen molar-refractivity contribution in [2.75, 3.05) is 0 Å². The monoisotopic (exact) mass is 460 g/mol. The zero-order valence-electron chi connectivity index (χ0n) is 16.8. The lowest BCUT2D eigenvalue weighted by Crippen LogP contribution is -2.21. The highest BCUT2D eigenvalue weighted by Crippen LogP contribution is 2.17. The van der Waals surface area contributed by atoms with Crippen LogP contribution in [-0.4, -0.2) is 48.4 Å². The lowest BCUT2D eigenvalue weighted by atomic mass is 9.95. The van der Waals surface area contributed by atoms with Crippen molar-refractivity contribution in [2.24, 2.45) is 0 Å². The molecule has 0 aromatic heterocycles. The molecule has 0 atom stereocenters. The van der Waals surface area contributed by atoms with Crippen LogP contribution in [0.5, 0.6) is 0 Å². The van der Waals surface area contributed by atoms with Gasteiger partial charge in [-0.25, -0.2) is 0 Å². The first-order valence-corrected chi connectivity index (χ1v) is 12.1. The molecule has 0 spiro atoms. The molecule has 10 heteroatoms. The highest BCUT2D eigenvalue weighted by molar-refractivity contribution is 7.86. The van der Waals surface area contributed by atoms with Crippen molar-refractivity contribution in [2.45, 2.75) is 61.5 Å². The van der Waals surface area contributed by atoms with Crippen LogP contribution in [0.25, 0.3) is 0 Å². The van der Waals surface area contributed by atoms with Gasteiger partial charge < -0.3 is 10.2 Å². The molecule has 2 aromatic carbocycles. The molecule has 1 fully saturated rings. The second-order valence-corrected chi connectivity index (χ2v) is 9.88. The molecule has 1 aliphatic rings. The van der Waals surface area contributed by atoms with E-state index in [-0.39, 0.29) is 22.0 Å². The molecule has 4 N–H and O–H groups in total. The Morgan fingerprint density at radius 1 is 0.600 bits per heavy atom. The number of hydrogen-bond acceptors (Lipinski definition) is 6. The number of hydrogen-bond donors (Lipinski definition) is 4. The first kappa shape index (κ1) is 26.2. The van der Waals surface area contributed by atoms with Gasteiger partial charge in [-0.1, -0.05) is 35.4 Å². The number of aliphatic hydroxyl groups excluding tert-OH is 2. The normalized spacial score (nSPS) is 19.0. The lowest BCUT2D eigenvalue weighted by Gasteiger charge is -2.20. The summed E-state index contributed by atoms with van der Waals surface area (Å²) in [7, 11) is -8.04. The van der Waals surface area contributed by atoms with Crippen LogP contribution in [-0.2, 0) is 20.2 Å². The number of aryl methyl sites for hydroxylation is 2. The van der Waals surface area contributed by atoms with Crippen LogP contribution in [0.2, 0.25) is 0 Å². The van der Waals surface area contributed by atoms with Crippen molar-refractivity contribution in [1.82, 2.24) is 0 Å². The fraction of sp³-hybridized carbons (Fsp3) is 0.400. The van der Waals surface area contributed by atoms with Crippen molar-refractivity contribution in [3.8, 4) is 0 Å². The van der Waals surface area contributed by atoms with Crippen LogP contribution in [0.15, 0.2) is 58.3 Å². The van der Waals surface area contributed by atoms with Crippen LogP contribution < -0.4 is 0 Å². The zero-order chi connectivity index (χ0) is 22.9. The van der Waals surface area contributed by atoms with Gasteiger partial charge in [0.2, 0.25) is 0 Å². The van der Waals surface area contributed by atoms with E-state index in [1.807, 2.05) is 13.8 Å². The molecular weight excluding hydrogens is 432 g/mol. The molecule has 8 nitrogen and oxygen atoms in total. The summed E-state index contributed by atoms with van der Waals surface area (Å²) >= 11 is 0. The molecule has 2 aromatic rings. The third-order valence-electron chi connectivity index (χ3n) is 4.30. The highest BCUT2D eigenvalue weighted by Gasteiger charge is 2.16. The Morgan fingerprint density at radius 2 is 0.833 bits per heavy atom. The molecule has 1 aliphatic carbocycles. The minimum Gasteiger partial charge on any atom is -0.393 e. The second-order valence-electron chi connectivity index (χ2n) is 7.04. The number of benzene rings is 2. The molecule has 0 radical (unpaired) electrons. The Hall–Kier alpha value is -1.82. The van der Waals surface area contributed by atoms with Gasteiger partial charge in [-0.2, -0.15) is 16.8 Å². The average molecular weight is 461 g/mol. The Bertz CT molecular complexity index is 891. The molecule has 0 bridgehead atoms. The molecule has 0 unspecified atom stereocenters. The van der Waals surface area contributed by atoms with E-state index in [1.165, 1.54) is 24.3 Å². The van der Waals surface area contributed by atoms with E-state index < -0.39 is 20.2 Å². The Balaban J connectivity index is 0.000000228. The highest BCUT2D eigenvalue weighted by atomic mass is 32.2. The summed E-state index contributed by atoms with van der Waals surface area (Å²) in [5.74, 6) is 0. The van der Waals surface area contributed by atoms with Gasteiger partial charge in [0.1, 0.15) is 0 Å². The summed E-state index contributed by atoms with van der Waals surface area (Å²) in [6, 6.07) is 12.0. The van der Waals surface area contributed by atoms with Crippen molar-refractivity contribution < 1.29 is 36.2 Å². The van der Waals surface area contributed by atoms with Gasteiger partial charge in [-0.05, 0) is 63.8 Å². The molecule has 0 aliphatic heterocycles. The quantitative estimate of drug-likeness (QED) is 0.500. The summed E-state index contributed by atoms with van der Waals surface area (Å²) in [5, 5.41) is 17.8. The standard InChI is InChI=1S/2C7H8O3S.C6H12O2/c2*1-6-2-4-7(5-3-6)11(8,9)10;7-5-1-2-6(8)4-3-5/h2*2-5H,1H3,(H,8,9,10);5-8H,1-4H2. The lowest BCUT2D eigenvalue weighted by molar-refractivity contribution is 0.0541. The Morgan fingerprint density at radius 3 is 1.03 bits per heavy atom. The molecule has 3 rings (SSSR count). The topological polar surface area (TPSA) is 149 Å². The predicted molar refractivity (Wildman–Crippen MR) is 112 cm³/mol. The average Bonchev–Trinajstić information content (AvgIpc) is 2.64. The van der Waals surface area contributed by atoms with Crippen LogP contribution in [0.1, 0.15) is 36.8 Å². The van der Waals surface area contributed by atoms with Crippen LogP contribution in [0, 0.1) is 13.8 Å². The van der Waals surface area contributed by atoms with Crippen molar-refractivity contribution in [3.05, 3.63) is 59.7 Å². The number of aliphatic hydroxyl groups is 2. The fourth-order valence-corrected chi connectivity index (χ4v) is 3.44. The third-order valence-corrected chi connectivity index (χ3v) is 6.04. The molecule has 30 heavy (non-hydrogen) atoms. The minimum absolute atomic E-state index is 0.0666. The van der Waals surface area contributed by atoms with E-state index in [4.69, 9.17) is 19.3 Å². The van der Waals surface area contributed by atoms with E-state index in [1.54, 1.807) is 24.3 Å². The van der Waals surface area contributed by atoms with Crippen LogP contribution in [0.4, 0.5) is 0 Å². The van der Waals surface area contributed by atoms with E-state index in [0.717, 1.165) is 36.8 Å². The van der Waals surface area contributed by atoms with E-state index >= 15 is 0 Å². The van der Waals surface area contributed by atoms with Crippen LogP contribution in [0.3, 0.4) is 0 Å². The molecule has 0 heterocycles. The Labute approximate surface area is 177 Å². The van der Waals surface area contributed by atoms with Gasteiger partial charge in [-0.15, -0.1) is 0 Å². The van der Waals surface area contributed by atoms with E-state index in [2.05, 4.69) is 0 Å². The van der Waals surface area contributed by atoms with E-state index in [0.29, 0.717) is 0 Å². The Kier molecular flexibility index (Phi) is 10.1. The predicted octanol–water partition coefficient (Wildman–Crippen LogP) is 2.77. The van der Waals surface area contributed by atoms with E-state index in [9.17, 15) is 16.8 Å². The van der Waals surface area contributed by atoms with Crippen molar-refractivity contribution in [1.29, 1.82) is 0 Å². The van der Waals surface area contributed by atoms with Gasteiger partial charge >= 0.3 is 0 Å². The maximum absolute atomic E-state index is 10.5. The molecular formula is C20H28O8S2. The van der Waals surface area contributed by atoms with Crippen molar-refractivity contribution in [3.63, 3.8) is 0 Å². The fourth-order valence-electron chi connectivity index (χ4n) is 2.48. The summed E-state index contributed by atoms with van der Waals surface area (Å²) in [4.78, 5) is -0.133. The van der Waals surface area contributed by atoms with Gasteiger partial charge in [0.25, 0.3) is 20.2 Å². The maximum atomic E-state index is 10.5. The number of rotatable bonds is 2. The third kappa shape index (κ3) is 10.3. The molecule has 168 valence electrons. The van der Waals surface area contributed by atoms with Gasteiger partial charge in [0, 0.05) is 0 Å². The molecule has 0 amide bonds. The van der Waals surface area contributed by atoms with Crippen LogP contribution >= 0.6 is 0 Å². The first-order chi connectivity index (χ1) is 13.8. The smallest absolute Gasteiger partial charge is 0.294 e. The SMILES string of the molecule is Cc1ccc(S(=O)(=O)O)cc1.Cc1ccc(S(=O)(=O)O)cc1.OC1CCC(O)CC1. The van der Waals surface area contributed by atoms with Crippen molar-refractivity contribution >= 4 is 20.2 Å². The summed E-state index contributed by atoms with van der Waals surface area (Å²) in [6.07, 6.45) is 2.83. The zero-order valence-corrected chi connectivity index (χ0v) is 18.5. The minimum atomic E-state index is -4.02. The molecule has 1 saturated carbocycles. The van der Waals surface area contributed by atoms with Gasteiger partial charge in [0.05, 0.1) is 22.0 Å². The first-order valence-electron chi connectivity index (χ1n) is 9.23. The summed E-state index contributed by atoms with van der Waals surface area (Å²) in [5.41, 5.74) is 1.91.